The highest BCUT2D eigenvalue weighted by Gasteiger charge is 2.23. The number of methoxy groups -OCH3 is 2. The molecule has 144 valence electrons. The van der Waals surface area contributed by atoms with Gasteiger partial charge in [-0.2, -0.15) is 0 Å². The summed E-state index contributed by atoms with van der Waals surface area (Å²) in [5.74, 6) is 1.50. The van der Waals surface area contributed by atoms with Crippen molar-refractivity contribution in [3.8, 4) is 11.5 Å². The van der Waals surface area contributed by atoms with E-state index in [1.54, 1.807) is 14.2 Å². The first kappa shape index (κ1) is 19.5. The fourth-order valence-electron chi connectivity index (χ4n) is 3.38. The number of hydrogen-bond acceptors (Lipinski definition) is 4. The summed E-state index contributed by atoms with van der Waals surface area (Å²) < 4.78 is 10.8. The molecule has 1 aliphatic heterocycles. The number of ether oxygens (including phenoxy) is 2. The van der Waals surface area contributed by atoms with Crippen molar-refractivity contribution in [2.24, 2.45) is 0 Å². The first-order valence-corrected chi connectivity index (χ1v) is 9.40. The van der Waals surface area contributed by atoms with Crippen LogP contribution < -0.4 is 14.8 Å². The predicted molar refractivity (Wildman–Crippen MR) is 107 cm³/mol. The van der Waals surface area contributed by atoms with Crippen LogP contribution in [0.1, 0.15) is 29.7 Å². The maximum absolute atomic E-state index is 12.7. The molecule has 0 saturated heterocycles. The first-order valence-electron chi connectivity index (χ1n) is 9.02. The molecule has 5 nitrogen and oxygen atoms in total. The van der Waals surface area contributed by atoms with Crippen molar-refractivity contribution in [3.05, 3.63) is 58.1 Å². The quantitative estimate of drug-likeness (QED) is 0.821. The van der Waals surface area contributed by atoms with E-state index in [0.717, 1.165) is 23.3 Å². The van der Waals surface area contributed by atoms with Gasteiger partial charge in [0.25, 0.3) is 0 Å². The summed E-state index contributed by atoms with van der Waals surface area (Å²) >= 11 is 6.24. The molecule has 1 amide bonds. The summed E-state index contributed by atoms with van der Waals surface area (Å²) in [7, 11) is 3.25. The molecular formula is C21H25ClN2O3. The van der Waals surface area contributed by atoms with Crippen molar-refractivity contribution in [2.45, 2.75) is 25.9 Å². The summed E-state index contributed by atoms with van der Waals surface area (Å²) in [5.41, 5.74) is 3.30. The molecule has 0 aliphatic carbocycles. The minimum absolute atomic E-state index is 0.00378. The maximum Gasteiger partial charge on any atom is 0.236 e. The van der Waals surface area contributed by atoms with Crippen LogP contribution >= 0.6 is 11.6 Å². The van der Waals surface area contributed by atoms with Crippen LogP contribution in [0, 0.1) is 0 Å². The number of carbonyl (C=O) groups is 1. The van der Waals surface area contributed by atoms with E-state index in [9.17, 15) is 4.79 Å². The summed E-state index contributed by atoms with van der Waals surface area (Å²) in [6.45, 7) is 3.56. The highest BCUT2D eigenvalue weighted by atomic mass is 35.5. The van der Waals surface area contributed by atoms with E-state index in [1.807, 2.05) is 48.2 Å². The zero-order chi connectivity index (χ0) is 19.4. The van der Waals surface area contributed by atoms with Gasteiger partial charge in [0.05, 0.1) is 20.8 Å². The molecule has 1 N–H and O–H groups in total. The molecule has 2 aromatic carbocycles. The summed E-state index contributed by atoms with van der Waals surface area (Å²) in [5, 5.41) is 3.99. The Hall–Kier alpha value is -2.24. The standard InChI is InChI=1S/C21H25ClN2O3/c1-14(17-6-4-5-7-18(17)22)23-12-21(25)24-9-8-15-10-19(26-2)20(27-3)11-16(15)13-24/h4-7,10-11,14,23H,8-9,12-13H2,1-3H3/t14-/m1/s1. The first-order chi connectivity index (χ1) is 13.0. The Morgan fingerprint density at radius 1 is 1.19 bits per heavy atom. The van der Waals surface area contributed by atoms with Crippen molar-refractivity contribution in [3.63, 3.8) is 0 Å². The predicted octanol–water partition coefficient (Wildman–Crippen LogP) is 3.59. The highest BCUT2D eigenvalue weighted by Crippen LogP contribution is 2.33. The van der Waals surface area contributed by atoms with Crippen LogP contribution in [-0.4, -0.2) is 38.1 Å². The minimum Gasteiger partial charge on any atom is -0.493 e. The lowest BCUT2D eigenvalue weighted by atomic mass is 9.98. The summed E-state index contributed by atoms with van der Waals surface area (Å²) in [6.07, 6.45) is 0.807. The van der Waals surface area contributed by atoms with E-state index in [-0.39, 0.29) is 18.5 Å². The second-order valence-electron chi connectivity index (χ2n) is 6.67. The van der Waals surface area contributed by atoms with E-state index in [2.05, 4.69) is 5.32 Å². The Morgan fingerprint density at radius 2 is 1.85 bits per heavy atom. The number of halogens is 1. The molecule has 0 radical (unpaired) electrons. The molecule has 0 unspecified atom stereocenters. The zero-order valence-corrected chi connectivity index (χ0v) is 16.7. The Labute approximate surface area is 165 Å². The number of amides is 1. The Kier molecular flexibility index (Phi) is 6.24. The monoisotopic (exact) mass is 388 g/mol. The molecule has 0 saturated carbocycles. The summed E-state index contributed by atoms with van der Waals surface area (Å²) in [4.78, 5) is 14.6. The third kappa shape index (κ3) is 4.37. The smallest absolute Gasteiger partial charge is 0.236 e. The second-order valence-corrected chi connectivity index (χ2v) is 7.07. The normalized spacial score (nSPS) is 14.4. The highest BCUT2D eigenvalue weighted by molar-refractivity contribution is 6.31. The lowest BCUT2D eigenvalue weighted by Crippen LogP contribution is -2.41. The van der Waals surface area contributed by atoms with Gasteiger partial charge in [0.1, 0.15) is 0 Å². The van der Waals surface area contributed by atoms with Crippen molar-refractivity contribution in [2.75, 3.05) is 27.3 Å². The largest absolute Gasteiger partial charge is 0.493 e. The third-order valence-corrected chi connectivity index (χ3v) is 5.35. The van der Waals surface area contributed by atoms with Crippen LogP contribution in [0.15, 0.2) is 36.4 Å². The van der Waals surface area contributed by atoms with Crippen molar-refractivity contribution >= 4 is 17.5 Å². The molecule has 2 aromatic rings. The average Bonchev–Trinajstić information content (AvgIpc) is 2.70. The fraction of sp³-hybridized carbons (Fsp3) is 0.381. The van der Waals surface area contributed by atoms with E-state index < -0.39 is 0 Å². The Bertz CT molecular complexity index is 825. The van der Waals surface area contributed by atoms with E-state index in [4.69, 9.17) is 21.1 Å². The average molecular weight is 389 g/mol. The number of nitrogens with zero attached hydrogens (tertiary/aromatic N) is 1. The van der Waals surface area contributed by atoms with Gasteiger partial charge in [0, 0.05) is 24.2 Å². The van der Waals surface area contributed by atoms with Crippen LogP contribution in [0.3, 0.4) is 0 Å². The van der Waals surface area contributed by atoms with Crippen LogP contribution in [-0.2, 0) is 17.8 Å². The third-order valence-electron chi connectivity index (χ3n) is 5.00. The number of benzene rings is 2. The van der Waals surface area contributed by atoms with E-state index >= 15 is 0 Å². The molecule has 1 heterocycles. The molecule has 0 aromatic heterocycles. The van der Waals surface area contributed by atoms with Gasteiger partial charge in [-0.25, -0.2) is 0 Å². The summed E-state index contributed by atoms with van der Waals surface area (Å²) in [6, 6.07) is 11.7. The molecule has 27 heavy (non-hydrogen) atoms. The molecule has 1 atom stereocenters. The van der Waals surface area contributed by atoms with Crippen LogP contribution in [0.25, 0.3) is 0 Å². The van der Waals surface area contributed by atoms with Crippen molar-refractivity contribution in [1.82, 2.24) is 10.2 Å². The van der Waals surface area contributed by atoms with Crippen molar-refractivity contribution in [1.29, 1.82) is 0 Å². The van der Waals surface area contributed by atoms with E-state index in [1.165, 1.54) is 5.56 Å². The second kappa shape index (κ2) is 8.63. The number of nitrogens with one attached hydrogen (secondary N) is 1. The SMILES string of the molecule is COc1cc2c(cc1OC)CN(C(=O)CN[C@H](C)c1ccccc1Cl)CC2. The number of fused-ring (bicyclic) bond motifs is 1. The molecule has 0 fully saturated rings. The van der Waals surface area contributed by atoms with Gasteiger partial charge in [0.15, 0.2) is 11.5 Å². The van der Waals surface area contributed by atoms with Gasteiger partial charge >= 0.3 is 0 Å². The minimum atomic E-state index is 0.00378. The maximum atomic E-state index is 12.7. The molecule has 1 aliphatic rings. The van der Waals surface area contributed by atoms with E-state index in [0.29, 0.717) is 23.9 Å². The van der Waals surface area contributed by atoms with Crippen LogP contribution in [0.2, 0.25) is 5.02 Å². The lowest BCUT2D eigenvalue weighted by molar-refractivity contribution is -0.131. The lowest BCUT2D eigenvalue weighted by Gasteiger charge is -2.30. The van der Waals surface area contributed by atoms with Gasteiger partial charge in [-0.3, -0.25) is 4.79 Å². The molecular weight excluding hydrogens is 364 g/mol. The number of hydrogen-bond donors (Lipinski definition) is 1. The zero-order valence-electron chi connectivity index (χ0n) is 15.9. The molecule has 6 heteroatoms. The number of rotatable bonds is 6. The topological polar surface area (TPSA) is 50.8 Å². The molecule has 0 bridgehead atoms. The van der Waals surface area contributed by atoms with Gasteiger partial charge in [-0.05, 0) is 48.2 Å². The van der Waals surface area contributed by atoms with Gasteiger partial charge in [0.2, 0.25) is 5.91 Å². The van der Waals surface area contributed by atoms with Crippen LogP contribution in [0.5, 0.6) is 11.5 Å². The van der Waals surface area contributed by atoms with Gasteiger partial charge < -0.3 is 19.7 Å². The fourth-order valence-corrected chi connectivity index (χ4v) is 3.68. The van der Waals surface area contributed by atoms with Gasteiger partial charge in [-0.15, -0.1) is 0 Å². The van der Waals surface area contributed by atoms with Gasteiger partial charge in [-0.1, -0.05) is 29.8 Å². The Morgan fingerprint density at radius 3 is 2.52 bits per heavy atom. The number of carbonyl (C=O) groups excluding carboxylic acids is 1. The molecule has 0 spiro atoms. The Balaban J connectivity index is 1.63. The van der Waals surface area contributed by atoms with Crippen LogP contribution in [0.4, 0.5) is 0 Å². The molecule has 3 rings (SSSR count). The van der Waals surface area contributed by atoms with Crippen molar-refractivity contribution < 1.29 is 14.3 Å².